The lowest BCUT2D eigenvalue weighted by atomic mass is 9.92. The molecule has 2 aromatic carbocycles. The zero-order chi connectivity index (χ0) is 17.1. The minimum Gasteiger partial charge on any atom is -0.397 e. The maximum absolute atomic E-state index is 9.12. The van der Waals surface area contributed by atoms with Gasteiger partial charge in [-0.2, -0.15) is 5.26 Å². The molecule has 0 radical (unpaired) electrons. The number of nitriles is 1. The first-order chi connectivity index (χ1) is 10.8. The van der Waals surface area contributed by atoms with Gasteiger partial charge in [0.2, 0.25) is 0 Å². The molecule has 2 aromatic rings. The normalized spacial score (nSPS) is 10.9. The fourth-order valence-electron chi connectivity index (χ4n) is 2.57. The summed E-state index contributed by atoms with van der Waals surface area (Å²) in [5.41, 5.74) is 11.6. The van der Waals surface area contributed by atoms with Crippen LogP contribution in [0.5, 0.6) is 0 Å². The molecule has 0 aliphatic rings. The van der Waals surface area contributed by atoms with E-state index in [-0.39, 0.29) is 0 Å². The van der Waals surface area contributed by atoms with Gasteiger partial charge in [0.05, 0.1) is 23.0 Å². The van der Waals surface area contributed by atoms with Crippen LogP contribution in [0.3, 0.4) is 0 Å². The number of anilines is 3. The summed E-state index contributed by atoms with van der Waals surface area (Å²) in [4.78, 5) is 0. The van der Waals surface area contributed by atoms with Crippen molar-refractivity contribution in [3.63, 3.8) is 0 Å². The molecule has 2 rings (SSSR count). The largest absolute Gasteiger partial charge is 0.397 e. The van der Waals surface area contributed by atoms with Crippen LogP contribution in [0.15, 0.2) is 34.8 Å². The predicted molar refractivity (Wildman–Crippen MR) is 101 cm³/mol. The molecule has 0 saturated carbocycles. The second-order valence-electron chi connectivity index (χ2n) is 6.31. The second-order valence-corrected chi connectivity index (χ2v) is 7.22. The molecule has 23 heavy (non-hydrogen) atoms. The van der Waals surface area contributed by atoms with Crippen molar-refractivity contribution in [1.29, 1.82) is 5.26 Å². The quantitative estimate of drug-likeness (QED) is 0.658. The van der Waals surface area contributed by atoms with Crippen LogP contribution in [-0.4, -0.2) is 0 Å². The third kappa shape index (κ3) is 3.86. The molecule has 0 aromatic heterocycles. The van der Waals surface area contributed by atoms with Crippen LogP contribution in [0.1, 0.15) is 56.2 Å². The van der Waals surface area contributed by atoms with Gasteiger partial charge in [-0.25, -0.2) is 0 Å². The molecule has 3 nitrogen and oxygen atoms in total. The Morgan fingerprint density at radius 1 is 1.04 bits per heavy atom. The van der Waals surface area contributed by atoms with E-state index >= 15 is 0 Å². The van der Waals surface area contributed by atoms with Crippen molar-refractivity contribution in [3.05, 3.63) is 51.5 Å². The van der Waals surface area contributed by atoms with E-state index in [1.165, 1.54) is 11.1 Å². The number of hydrogen-bond acceptors (Lipinski definition) is 3. The lowest BCUT2D eigenvalue weighted by Crippen LogP contribution is -2.06. The molecular formula is C19H22BrN3. The maximum atomic E-state index is 9.12. The standard InChI is InChI=1S/C19H22BrN3/c1-11(2)15-8-14(20)9-16(12(3)4)19(15)23-18-7-13(10-21)5-6-17(18)22/h5-9,11-12,23H,22H2,1-4H3. The Hall–Kier alpha value is -1.99. The Kier molecular flexibility index (Phi) is 5.33. The maximum Gasteiger partial charge on any atom is 0.0992 e. The van der Waals surface area contributed by atoms with Gasteiger partial charge in [-0.15, -0.1) is 0 Å². The summed E-state index contributed by atoms with van der Waals surface area (Å²) < 4.78 is 1.08. The number of hydrogen-bond donors (Lipinski definition) is 2. The Labute approximate surface area is 146 Å². The lowest BCUT2D eigenvalue weighted by Gasteiger charge is -2.22. The van der Waals surface area contributed by atoms with Gasteiger partial charge in [-0.1, -0.05) is 43.6 Å². The van der Waals surface area contributed by atoms with Gasteiger partial charge in [0, 0.05) is 10.2 Å². The van der Waals surface area contributed by atoms with E-state index in [9.17, 15) is 0 Å². The average Bonchev–Trinajstić information content (AvgIpc) is 2.50. The number of halogens is 1. The number of nitrogens with one attached hydrogen (secondary N) is 1. The Bertz CT molecular complexity index is 729. The summed E-state index contributed by atoms with van der Waals surface area (Å²) in [6.45, 7) is 8.69. The Balaban J connectivity index is 2.61. The molecule has 3 N–H and O–H groups in total. The van der Waals surface area contributed by atoms with Crippen molar-refractivity contribution in [1.82, 2.24) is 0 Å². The van der Waals surface area contributed by atoms with E-state index in [0.717, 1.165) is 15.8 Å². The van der Waals surface area contributed by atoms with Crippen LogP contribution in [0.25, 0.3) is 0 Å². The monoisotopic (exact) mass is 371 g/mol. The molecule has 0 spiro atoms. The highest BCUT2D eigenvalue weighted by Gasteiger charge is 2.16. The summed E-state index contributed by atoms with van der Waals surface area (Å²) in [5, 5.41) is 12.6. The summed E-state index contributed by atoms with van der Waals surface area (Å²) in [6, 6.07) is 11.7. The molecule has 4 heteroatoms. The van der Waals surface area contributed by atoms with Gasteiger partial charge in [0.1, 0.15) is 0 Å². The van der Waals surface area contributed by atoms with Crippen LogP contribution in [0, 0.1) is 11.3 Å². The van der Waals surface area contributed by atoms with Crippen LogP contribution >= 0.6 is 15.9 Å². The van der Waals surface area contributed by atoms with E-state index in [0.29, 0.717) is 23.1 Å². The molecule has 0 fully saturated rings. The minimum atomic E-state index is 0.368. The highest BCUT2D eigenvalue weighted by atomic mass is 79.9. The summed E-state index contributed by atoms with van der Waals surface area (Å²) in [5.74, 6) is 0.737. The minimum absolute atomic E-state index is 0.368. The SMILES string of the molecule is CC(C)c1cc(Br)cc(C(C)C)c1Nc1cc(C#N)ccc1N. The van der Waals surface area contributed by atoms with Crippen molar-refractivity contribution in [2.45, 2.75) is 39.5 Å². The highest BCUT2D eigenvalue weighted by molar-refractivity contribution is 9.10. The number of benzene rings is 2. The van der Waals surface area contributed by atoms with Gasteiger partial charge in [0.15, 0.2) is 0 Å². The fraction of sp³-hybridized carbons (Fsp3) is 0.316. The van der Waals surface area contributed by atoms with E-state index in [1.54, 1.807) is 18.2 Å². The van der Waals surface area contributed by atoms with Crippen LogP contribution in [0.4, 0.5) is 17.1 Å². The molecular weight excluding hydrogens is 350 g/mol. The predicted octanol–water partition coefficient (Wildman–Crippen LogP) is 5.89. The first-order valence-corrected chi connectivity index (χ1v) is 8.52. The van der Waals surface area contributed by atoms with Crippen LogP contribution in [-0.2, 0) is 0 Å². The van der Waals surface area contributed by atoms with Gasteiger partial charge in [-0.05, 0) is 53.3 Å². The van der Waals surface area contributed by atoms with E-state index in [1.807, 2.05) is 0 Å². The smallest absolute Gasteiger partial charge is 0.0992 e. The average molecular weight is 372 g/mol. The van der Waals surface area contributed by atoms with Gasteiger partial charge in [0.25, 0.3) is 0 Å². The van der Waals surface area contributed by atoms with Gasteiger partial charge in [-0.3, -0.25) is 0 Å². The zero-order valence-electron chi connectivity index (χ0n) is 13.9. The van der Waals surface area contributed by atoms with Crippen molar-refractivity contribution in [3.8, 4) is 6.07 Å². The molecule has 0 bridgehead atoms. The molecule has 0 amide bonds. The number of rotatable bonds is 4. The fourth-order valence-corrected chi connectivity index (χ4v) is 3.07. The van der Waals surface area contributed by atoms with E-state index in [2.05, 4.69) is 67.1 Å². The van der Waals surface area contributed by atoms with E-state index < -0.39 is 0 Å². The first kappa shape index (κ1) is 17.4. The zero-order valence-corrected chi connectivity index (χ0v) is 15.5. The molecule has 0 atom stereocenters. The number of nitrogens with zero attached hydrogens (tertiary/aromatic N) is 1. The summed E-state index contributed by atoms with van der Waals surface area (Å²) in [7, 11) is 0. The van der Waals surface area contributed by atoms with Crippen molar-refractivity contribution < 1.29 is 0 Å². The molecule has 120 valence electrons. The third-order valence-corrected chi connectivity index (χ3v) is 4.31. The Morgan fingerprint density at radius 3 is 2.09 bits per heavy atom. The molecule has 0 aliphatic carbocycles. The van der Waals surface area contributed by atoms with Crippen LogP contribution < -0.4 is 11.1 Å². The molecule has 0 aliphatic heterocycles. The lowest BCUT2D eigenvalue weighted by molar-refractivity contribution is 0.836. The highest BCUT2D eigenvalue weighted by Crippen LogP contribution is 2.38. The molecule has 0 heterocycles. The summed E-state index contributed by atoms with van der Waals surface area (Å²) in [6.07, 6.45) is 0. The number of nitrogen functional groups attached to an aromatic ring is 1. The topological polar surface area (TPSA) is 61.8 Å². The Morgan fingerprint density at radius 2 is 1.61 bits per heavy atom. The molecule has 0 unspecified atom stereocenters. The van der Waals surface area contributed by atoms with E-state index in [4.69, 9.17) is 11.0 Å². The third-order valence-electron chi connectivity index (χ3n) is 3.85. The van der Waals surface area contributed by atoms with Gasteiger partial charge >= 0.3 is 0 Å². The van der Waals surface area contributed by atoms with Crippen molar-refractivity contribution >= 4 is 33.0 Å². The van der Waals surface area contributed by atoms with Gasteiger partial charge < -0.3 is 11.1 Å². The second kappa shape index (κ2) is 7.06. The number of nitrogens with two attached hydrogens (primary N) is 1. The first-order valence-electron chi connectivity index (χ1n) is 7.73. The molecule has 0 saturated heterocycles. The van der Waals surface area contributed by atoms with Crippen molar-refractivity contribution in [2.24, 2.45) is 0 Å². The van der Waals surface area contributed by atoms with Crippen LogP contribution in [0.2, 0.25) is 0 Å². The summed E-state index contributed by atoms with van der Waals surface area (Å²) >= 11 is 3.61. The van der Waals surface area contributed by atoms with Crippen molar-refractivity contribution in [2.75, 3.05) is 11.1 Å².